The van der Waals surface area contributed by atoms with Crippen molar-refractivity contribution in [3.05, 3.63) is 46.0 Å². The first-order chi connectivity index (χ1) is 10.5. The SMILES string of the molecule is C[C@@H](NC(=O)NCCc1cc(Cl)cc(Cl)c1)c1nncn1C. The molecule has 0 saturated carbocycles. The third-order valence-corrected chi connectivity index (χ3v) is 3.54. The Bertz CT molecular complexity index is 638. The molecule has 2 N–H and O–H groups in total. The normalized spacial score (nSPS) is 12.0. The summed E-state index contributed by atoms with van der Waals surface area (Å²) in [4.78, 5) is 11.9. The highest BCUT2D eigenvalue weighted by atomic mass is 35.5. The van der Waals surface area contributed by atoms with Crippen molar-refractivity contribution in [2.24, 2.45) is 7.05 Å². The van der Waals surface area contributed by atoms with Gasteiger partial charge in [0.2, 0.25) is 0 Å². The van der Waals surface area contributed by atoms with Crippen LogP contribution in [0.15, 0.2) is 24.5 Å². The minimum absolute atomic E-state index is 0.229. The summed E-state index contributed by atoms with van der Waals surface area (Å²) in [5, 5.41) is 14.5. The highest BCUT2D eigenvalue weighted by Crippen LogP contribution is 2.19. The summed E-state index contributed by atoms with van der Waals surface area (Å²) in [6, 6.07) is 4.84. The Morgan fingerprint density at radius 3 is 2.59 bits per heavy atom. The van der Waals surface area contributed by atoms with Gasteiger partial charge in [0, 0.05) is 23.6 Å². The minimum Gasteiger partial charge on any atom is -0.338 e. The Balaban J connectivity index is 1.79. The third-order valence-electron chi connectivity index (χ3n) is 3.10. The van der Waals surface area contributed by atoms with Gasteiger partial charge >= 0.3 is 6.03 Å². The van der Waals surface area contributed by atoms with E-state index >= 15 is 0 Å². The zero-order chi connectivity index (χ0) is 16.1. The average Bonchev–Trinajstić information content (AvgIpc) is 2.83. The zero-order valence-corrected chi connectivity index (χ0v) is 13.8. The number of urea groups is 1. The lowest BCUT2D eigenvalue weighted by Gasteiger charge is -2.13. The standard InChI is InChI=1S/C14H17Cl2N5O/c1-9(13-20-18-8-21(13)2)19-14(22)17-4-3-10-5-11(15)7-12(16)6-10/h5-9H,3-4H2,1-2H3,(H2,17,19,22)/t9-/m1/s1. The van der Waals surface area contributed by atoms with E-state index in [2.05, 4.69) is 20.8 Å². The van der Waals surface area contributed by atoms with Crippen molar-refractivity contribution >= 4 is 29.2 Å². The molecule has 0 bridgehead atoms. The van der Waals surface area contributed by atoms with Crippen molar-refractivity contribution in [2.75, 3.05) is 6.54 Å². The predicted octanol–water partition coefficient (Wildman–Crippen LogP) is 2.72. The topological polar surface area (TPSA) is 71.8 Å². The lowest BCUT2D eigenvalue weighted by atomic mass is 10.1. The van der Waals surface area contributed by atoms with Crippen LogP contribution in [-0.2, 0) is 13.5 Å². The number of nitrogens with zero attached hydrogens (tertiary/aromatic N) is 3. The number of nitrogens with one attached hydrogen (secondary N) is 2. The van der Waals surface area contributed by atoms with Crippen LogP contribution in [0.1, 0.15) is 24.4 Å². The molecule has 1 atom stereocenters. The van der Waals surface area contributed by atoms with Crippen molar-refractivity contribution < 1.29 is 4.79 Å². The van der Waals surface area contributed by atoms with E-state index in [0.29, 0.717) is 28.8 Å². The molecule has 0 unspecified atom stereocenters. The van der Waals surface area contributed by atoms with Crippen LogP contribution in [0.4, 0.5) is 4.79 Å². The molecule has 1 aromatic carbocycles. The van der Waals surface area contributed by atoms with E-state index in [9.17, 15) is 4.79 Å². The summed E-state index contributed by atoms with van der Waals surface area (Å²) in [5.74, 6) is 0.691. The first-order valence-corrected chi connectivity index (χ1v) is 7.54. The summed E-state index contributed by atoms with van der Waals surface area (Å²) >= 11 is 11.9. The van der Waals surface area contributed by atoms with Crippen LogP contribution >= 0.6 is 23.2 Å². The van der Waals surface area contributed by atoms with Gasteiger partial charge in [-0.25, -0.2) is 4.79 Å². The number of carbonyl (C=O) groups excluding carboxylic acids is 1. The van der Waals surface area contributed by atoms with Gasteiger partial charge in [0.15, 0.2) is 5.82 Å². The first kappa shape index (κ1) is 16.6. The maximum absolute atomic E-state index is 11.9. The van der Waals surface area contributed by atoms with E-state index in [1.54, 1.807) is 17.0 Å². The Kier molecular flexibility index (Phi) is 5.63. The van der Waals surface area contributed by atoms with Gasteiger partial charge in [0.05, 0.1) is 6.04 Å². The number of halogens is 2. The molecule has 0 aliphatic rings. The third kappa shape index (κ3) is 4.61. The minimum atomic E-state index is -0.261. The maximum atomic E-state index is 11.9. The molecule has 0 saturated heterocycles. The van der Waals surface area contributed by atoms with Gasteiger partial charge in [0.1, 0.15) is 6.33 Å². The number of aromatic nitrogens is 3. The van der Waals surface area contributed by atoms with Crippen molar-refractivity contribution in [3.8, 4) is 0 Å². The zero-order valence-electron chi connectivity index (χ0n) is 12.3. The van der Waals surface area contributed by atoms with Crippen LogP contribution in [0.25, 0.3) is 0 Å². The Morgan fingerprint density at radius 2 is 2.00 bits per heavy atom. The number of benzene rings is 1. The quantitative estimate of drug-likeness (QED) is 0.878. The van der Waals surface area contributed by atoms with Gasteiger partial charge in [-0.05, 0) is 37.1 Å². The molecule has 118 valence electrons. The summed E-state index contributed by atoms with van der Waals surface area (Å²) in [6.07, 6.45) is 2.24. The lowest BCUT2D eigenvalue weighted by Crippen LogP contribution is -2.38. The van der Waals surface area contributed by atoms with E-state index in [1.165, 1.54) is 0 Å². The van der Waals surface area contributed by atoms with Gasteiger partial charge in [-0.3, -0.25) is 0 Å². The van der Waals surface area contributed by atoms with Crippen LogP contribution in [0.2, 0.25) is 10.0 Å². The van der Waals surface area contributed by atoms with Crippen LogP contribution in [0, 0.1) is 0 Å². The van der Waals surface area contributed by atoms with E-state index in [0.717, 1.165) is 5.56 Å². The second-order valence-corrected chi connectivity index (χ2v) is 5.82. The molecule has 1 heterocycles. The molecular weight excluding hydrogens is 325 g/mol. The van der Waals surface area contributed by atoms with Gasteiger partial charge in [-0.15, -0.1) is 10.2 Å². The number of aryl methyl sites for hydroxylation is 1. The van der Waals surface area contributed by atoms with Crippen LogP contribution in [-0.4, -0.2) is 27.3 Å². The van der Waals surface area contributed by atoms with E-state index in [-0.39, 0.29) is 12.1 Å². The smallest absolute Gasteiger partial charge is 0.315 e. The highest BCUT2D eigenvalue weighted by molar-refractivity contribution is 6.34. The fourth-order valence-electron chi connectivity index (χ4n) is 2.07. The molecule has 2 amide bonds. The number of carbonyl (C=O) groups is 1. The molecule has 2 rings (SSSR count). The summed E-state index contributed by atoms with van der Waals surface area (Å²) in [6.45, 7) is 2.33. The molecule has 6 nitrogen and oxygen atoms in total. The van der Waals surface area contributed by atoms with Crippen LogP contribution in [0.5, 0.6) is 0 Å². The average molecular weight is 342 g/mol. The Labute approximate surface area is 138 Å². The van der Waals surface area contributed by atoms with Crippen molar-refractivity contribution in [2.45, 2.75) is 19.4 Å². The molecular formula is C14H17Cl2N5O. The Morgan fingerprint density at radius 1 is 1.32 bits per heavy atom. The van der Waals surface area contributed by atoms with Gasteiger partial charge in [-0.1, -0.05) is 23.2 Å². The highest BCUT2D eigenvalue weighted by Gasteiger charge is 2.13. The van der Waals surface area contributed by atoms with Gasteiger partial charge in [-0.2, -0.15) is 0 Å². The van der Waals surface area contributed by atoms with Gasteiger partial charge in [0.25, 0.3) is 0 Å². The van der Waals surface area contributed by atoms with Gasteiger partial charge < -0.3 is 15.2 Å². The molecule has 2 aromatic rings. The molecule has 0 radical (unpaired) electrons. The summed E-state index contributed by atoms with van der Waals surface area (Å²) < 4.78 is 1.76. The van der Waals surface area contributed by atoms with E-state index in [1.807, 2.05) is 26.1 Å². The fraction of sp³-hybridized carbons (Fsp3) is 0.357. The molecule has 0 aliphatic carbocycles. The van der Waals surface area contributed by atoms with Crippen molar-refractivity contribution in [1.82, 2.24) is 25.4 Å². The van der Waals surface area contributed by atoms with Crippen LogP contribution < -0.4 is 10.6 Å². The molecule has 0 spiro atoms. The molecule has 0 aliphatic heterocycles. The molecule has 0 fully saturated rings. The predicted molar refractivity (Wildman–Crippen MR) is 86.1 cm³/mol. The number of hydrogen-bond acceptors (Lipinski definition) is 3. The first-order valence-electron chi connectivity index (χ1n) is 6.79. The maximum Gasteiger partial charge on any atom is 0.315 e. The molecule has 22 heavy (non-hydrogen) atoms. The number of rotatable bonds is 5. The largest absolute Gasteiger partial charge is 0.338 e. The number of amides is 2. The summed E-state index contributed by atoms with van der Waals surface area (Å²) in [5.41, 5.74) is 0.971. The fourth-order valence-corrected chi connectivity index (χ4v) is 2.64. The second kappa shape index (κ2) is 7.47. The molecule has 1 aromatic heterocycles. The van der Waals surface area contributed by atoms with Crippen molar-refractivity contribution in [1.29, 1.82) is 0 Å². The molecule has 8 heteroatoms. The summed E-state index contributed by atoms with van der Waals surface area (Å²) in [7, 11) is 1.83. The lowest BCUT2D eigenvalue weighted by molar-refractivity contribution is 0.237. The monoisotopic (exact) mass is 341 g/mol. The van der Waals surface area contributed by atoms with Crippen LogP contribution in [0.3, 0.4) is 0 Å². The second-order valence-electron chi connectivity index (χ2n) is 4.95. The van der Waals surface area contributed by atoms with Crippen molar-refractivity contribution in [3.63, 3.8) is 0 Å². The number of hydrogen-bond donors (Lipinski definition) is 2. The van der Waals surface area contributed by atoms with E-state index in [4.69, 9.17) is 23.2 Å². The Hall–Kier alpha value is -1.79. The van der Waals surface area contributed by atoms with E-state index < -0.39 is 0 Å².